The molecule has 3 rings (SSSR count). The number of nitrogens with zero attached hydrogens (tertiary/aromatic N) is 2. The van der Waals surface area contributed by atoms with Crippen LogP contribution in [0.5, 0.6) is 0 Å². The Bertz CT molecular complexity index is 622. The number of benzene rings is 1. The molecule has 0 aliphatic carbocycles. The standard InChI is InChI=1S/C13H13N3O3S/c17-11-7-16(6-5-14-11)12(18)8-20-13-15-9-3-1-2-4-10(9)19-13/h1-4H,5-8H2,(H,14,17). The van der Waals surface area contributed by atoms with Crippen molar-refractivity contribution in [1.29, 1.82) is 0 Å². The minimum Gasteiger partial charge on any atom is -0.431 e. The fourth-order valence-electron chi connectivity index (χ4n) is 1.98. The van der Waals surface area contributed by atoms with Gasteiger partial charge in [-0.05, 0) is 12.1 Å². The highest BCUT2D eigenvalue weighted by molar-refractivity contribution is 7.99. The minimum absolute atomic E-state index is 0.0768. The van der Waals surface area contributed by atoms with E-state index in [2.05, 4.69) is 10.3 Å². The Labute approximate surface area is 119 Å². The van der Waals surface area contributed by atoms with Gasteiger partial charge in [-0.3, -0.25) is 9.59 Å². The second-order valence-electron chi connectivity index (χ2n) is 4.40. The van der Waals surface area contributed by atoms with Crippen molar-refractivity contribution in [3.63, 3.8) is 0 Å². The summed E-state index contributed by atoms with van der Waals surface area (Å²) in [5.41, 5.74) is 1.49. The van der Waals surface area contributed by atoms with Crippen molar-refractivity contribution in [3.8, 4) is 0 Å². The number of hydrogen-bond donors (Lipinski definition) is 1. The lowest BCUT2D eigenvalue weighted by atomic mass is 10.3. The smallest absolute Gasteiger partial charge is 0.257 e. The van der Waals surface area contributed by atoms with E-state index in [1.165, 1.54) is 11.8 Å². The van der Waals surface area contributed by atoms with Crippen molar-refractivity contribution >= 4 is 34.7 Å². The van der Waals surface area contributed by atoms with Crippen LogP contribution < -0.4 is 5.32 Å². The normalized spacial score (nSPS) is 15.4. The van der Waals surface area contributed by atoms with Crippen molar-refractivity contribution in [3.05, 3.63) is 24.3 Å². The molecule has 7 heteroatoms. The Morgan fingerprint density at radius 3 is 3.10 bits per heavy atom. The summed E-state index contributed by atoms with van der Waals surface area (Å²) in [5.74, 6) is 0.0312. The Balaban J connectivity index is 1.61. The van der Waals surface area contributed by atoms with E-state index in [0.717, 1.165) is 5.52 Å². The molecule has 20 heavy (non-hydrogen) atoms. The van der Waals surface area contributed by atoms with Crippen molar-refractivity contribution in [1.82, 2.24) is 15.2 Å². The second kappa shape index (κ2) is 5.54. The quantitative estimate of drug-likeness (QED) is 0.850. The van der Waals surface area contributed by atoms with Crippen LogP contribution in [0, 0.1) is 0 Å². The highest BCUT2D eigenvalue weighted by atomic mass is 32.2. The minimum atomic E-state index is -0.114. The maximum Gasteiger partial charge on any atom is 0.257 e. The number of para-hydroxylation sites is 2. The summed E-state index contributed by atoms with van der Waals surface area (Å²) < 4.78 is 5.53. The molecule has 1 fully saturated rings. The van der Waals surface area contributed by atoms with Gasteiger partial charge in [-0.25, -0.2) is 4.98 Å². The summed E-state index contributed by atoms with van der Waals surface area (Å²) in [6.07, 6.45) is 0. The van der Waals surface area contributed by atoms with Gasteiger partial charge in [0.1, 0.15) is 5.52 Å². The van der Waals surface area contributed by atoms with Crippen LogP contribution in [-0.2, 0) is 9.59 Å². The Kier molecular flexibility index (Phi) is 3.60. The van der Waals surface area contributed by atoms with Gasteiger partial charge in [-0.15, -0.1) is 0 Å². The molecule has 1 aliphatic heterocycles. The van der Waals surface area contributed by atoms with Crippen LogP contribution in [0.2, 0.25) is 0 Å². The molecule has 6 nitrogen and oxygen atoms in total. The van der Waals surface area contributed by atoms with Crippen LogP contribution in [0.15, 0.2) is 33.9 Å². The van der Waals surface area contributed by atoms with Crippen molar-refractivity contribution in [2.75, 3.05) is 25.4 Å². The number of aromatic nitrogens is 1. The monoisotopic (exact) mass is 291 g/mol. The molecule has 0 spiro atoms. The van der Waals surface area contributed by atoms with Gasteiger partial charge in [0, 0.05) is 13.1 Å². The zero-order chi connectivity index (χ0) is 13.9. The second-order valence-corrected chi connectivity index (χ2v) is 5.33. The molecule has 0 atom stereocenters. The van der Waals surface area contributed by atoms with E-state index < -0.39 is 0 Å². The Morgan fingerprint density at radius 2 is 2.30 bits per heavy atom. The first-order valence-corrected chi connectivity index (χ1v) is 7.24. The number of carbonyl (C=O) groups is 2. The van der Waals surface area contributed by atoms with Crippen molar-refractivity contribution in [2.45, 2.75) is 5.22 Å². The van der Waals surface area contributed by atoms with Crippen molar-refractivity contribution < 1.29 is 14.0 Å². The molecule has 0 unspecified atom stereocenters. The van der Waals surface area contributed by atoms with Crippen molar-refractivity contribution in [2.24, 2.45) is 0 Å². The molecule has 104 valence electrons. The number of amides is 2. The molecular formula is C13H13N3O3S. The van der Waals surface area contributed by atoms with Gasteiger partial charge < -0.3 is 14.6 Å². The number of thioether (sulfide) groups is 1. The third-order valence-electron chi connectivity index (χ3n) is 2.98. The SMILES string of the molecule is O=C1CN(C(=O)CSc2nc3ccccc3o2)CCN1. The van der Waals surface area contributed by atoms with E-state index in [4.69, 9.17) is 4.42 Å². The highest BCUT2D eigenvalue weighted by Crippen LogP contribution is 2.23. The van der Waals surface area contributed by atoms with Gasteiger partial charge in [0.2, 0.25) is 11.8 Å². The van der Waals surface area contributed by atoms with E-state index in [0.29, 0.717) is 23.9 Å². The lowest BCUT2D eigenvalue weighted by Gasteiger charge is -2.26. The summed E-state index contributed by atoms with van der Waals surface area (Å²) in [7, 11) is 0. The van der Waals surface area contributed by atoms with Crippen LogP contribution in [0.3, 0.4) is 0 Å². The van der Waals surface area contributed by atoms with Crippen LogP contribution >= 0.6 is 11.8 Å². The largest absolute Gasteiger partial charge is 0.431 e. The Morgan fingerprint density at radius 1 is 1.45 bits per heavy atom. The molecule has 1 aromatic carbocycles. The lowest BCUT2D eigenvalue weighted by Crippen LogP contribution is -2.50. The average Bonchev–Trinajstić information content (AvgIpc) is 2.87. The number of fused-ring (bicyclic) bond motifs is 1. The molecule has 0 saturated carbocycles. The molecule has 1 aromatic heterocycles. The van der Waals surface area contributed by atoms with Gasteiger partial charge in [-0.2, -0.15) is 0 Å². The molecular weight excluding hydrogens is 278 g/mol. The number of piperazine rings is 1. The lowest BCUT2D eigenvalue weighted by molar-refractivity contribution is -0.136. The van der Waals surface area contributed by atoms with Crippen LogP contribution in [0.4, 0.5) is 0 Å². The fourth-order valence-corrected chi connectivity index (χ4v) is 2.72. The number of carbonyl (C=O) groups excluding carboxylic acids is 2. The zero-order valence-electron chi connectivity index (χ0n) is 10.7. The zero-order valence-corrected chi connectivity index (χ0v) is 11.5. The molecule has 2 aromatic rings. The van der Waals surface area contributed by atoms with Crippen LogP contribution in [-0.4, -0.2) is 47.1 Å². The van der Waals surface area contributed by atoms with Gasteiger partial charge in [0.05, 0.1) is 12.3 Å². The maximum absolute atomic E-state index is 12.0. The number of oxazole rings is 1. The first kappa shape index (κ1) is 13.0. The highest BCUT2D eigenvalue weighted by Gasteiger charge is 2.21. The summed E-state index contributed by atoms with van der Waals surface area (Å²) >= 11 is 1.25. The third-order valence-corrected chi connectivity index (χ3v) is 3.80. The van der Waals surface area contributed by atoms with E-state index in [1.807, 2.05) is 24.3 Å². The Hall–Kier alpha value is -2.02. The molecule has 1 aliphatic rings. The van der Waals surface area contributed by atoms with Gasteiger partial charge in [0.25, 0.3) is 5.22 Å². The molecule has 2 heterocycles. The number of hydrogen-bond acceptors (Lipinski definition) is 5. The predicted molar refractivity (Wildman–Crippen MR) is 74.3 cm³/mol. The van der Waals surface area contributed by atoms with Crippen LogP contribution in [0.25, 0.3) is 11.1 Å². The van der Waals surface area contributed by atoms with E-state index >= 15 is 0 Å². The predicted octanol–water partition coefficient (Wildman–Crippen LogP) is 0.878. The maximum atomic E-state index is 12.0. The average molecular weight is 291 g/mol. The first-order valence-electron chi connectivity index (χ1n) is 6.25. The molecule has 0 radical (unpaired) electrons. The van der Waals surface area contributed by atoms with E-state index in [1.54, 1.807) is 4.90 Å². The van der Waals surface area contributed by atoms with Crippen LogP contribution in [0.1, 0.15) is 0 Å². The number of nitrogens with one attached hydrogen (secondary N) is 1. The molecule has 0 bridgehead atoms. The first-order chi connectivity index (χ1) is 9.72. The fraction of sp³-hybridized carbons (Fsp3) is 0.308. The topological polar surface area (TPSA) is 75.4 Å². The summed E-state index contributed by atoms with van der Waals surface area (Å²) in [6.45, 7) is 1.20. The summed E-state index contributed by atoms with van der Waals surface area (Å²) in [6, 6.07) is 7.46. The van der Waals surface area contributed by atoms with Gasteiger partial charge in [-0.1, -0.05) is 23.9 Å². The van der Waals surface area contributed by atoms with E-state index in [9.17, 15) is 9.59 Å². The van der Waals surface area contributed by atoms with Gasteiger partial charge in [0.15, 0.2) is 5.58 Å². The molecule has 1 N–H and O–H groups in total. The third kappa shape index (κ3) is 2.77. The number of rotatable bonds is 3. The molecule has 1 saturated heterocycles. The summed E-state index contributed by atoms with van der Waals surface area (Å²) in [4.78, 5) is 29.1. The molecule has 2 amide bonds. The van der Waals surface area contributed by atoms with Gasteiger partial charge >= 0.3 is 0 Å². The van der Waals surface area contributed by atoms with E-state index in [-0.39, 0.29) is 24.1 Å². The summed E-state index contributed by atoms with van der Waals surface area (Å²) in [5, 5.41) is 3.16.